The molecule has 0 unspecified atom stereocenters. The van der Waals surface area contributed by atoms with Gasteiger partial charge in [0, 0.05) is 21.8 Å². The second kappa shape index (κ2) is 8.17. The first-order valence-electron chi connectivity index (χ1n) is 8.04. The van der Waals surface area contributed by atoms with Crippen molar-refractivity contribution in [2.24, 2.45) is 0 Å². The van der Waals surface area contributed by atoms with Gasteiger partial charge in [-0.3, -0.25) is 9.59 Å². The number of carbonyl (C=O) groups excluding carboxylic acids is 2. The van der Waals surface area contributed by atoms with Gasteiger partial charge in [-0.05, 0) is 54.6 Å². The number of halogens is 1. The second-order valence-electron chi connectivity index (χ2n) is 5.65. The first kappa shape index (κ1) is 18.2. The maximum absolute atomic E-state index is 12.5. The molecule has 27 heavy (non-hydrogen) atoms. The number of nitriles is 1. The van der Waals surface area contributed by atoms with Gasteiger partial charge in [-0.1, -0.05) is 29.8 Å². The molecule has 5 nitrogen and oxygen atoms in total. The minimum absolute atomic E-state index is 0.312. The summed E-state index contributed by atoms with van der Waals surface area (Å²) in [6.07, 6.45) is 0. The Bertz CT molecular complexity index is 1040. The van der Waals surface area contributed by atoms with Crippen LogP contribution in [0.4, 0.5) is 11.4 Å². The fourth-order valence-corrected chi connectivity index (χ4v) is 2.55. The van der Waals surface area contributed by atoms with Crippen LogP contribution >= 0.6 is 11.6 Å². The number of nitrogens with one attached hydrogen (secondary N) is 2. The zero-order valence-corrected chi connectivity index (χ0v) is 14.8. The van der Waals surface area contributed by atoms with Crippen molar-refractivity contribution in [1.29, 1.82) is 5.26 Å². The first-order chi connectivity index (χ1) is 13.1. The van der Waals surface area contributed by atoms with Gasteiger partial charge in [0.25, 0.3) is 11.8 Å². The van der Waals surface area contributed by atoms with E-state index in [1.807, 2.05) is 6.07 Å². The largest absolute Gasteiger partial charge is 0.322 e. The van der Waals surface area contributed by atoms with E-state index >= 15 is 0 Å². The summed E-state index contributed by atoms with van der Waals surface area (Å²) in [5.41, 5.74) is 2.03. The number of carbonyl (C=O) groups is 2. The molecule has 3 aromatic carbocycles. The molecule has 0 aromatic heterocycles. The second-order valence-corrected chi connectivity index (χ2v) is 6.09. The number of rotatable bonds is 4. The molecule has 3 rings (SSSR count). The van der Waals surface area contributed by atoms with E-state index in [2.05, 4.69) is 10.6 Å². The van der Waals surface area contributed by atoms with Crippen molar-refractivity contribution in [2.45, 2.75) is 0 Å². The van der Waals surface area contributed by atoms with Gasteiger partial charge in [-0.25, -0.2) is 0 Å². The normalized spacial score (nSPS) is 9.93. The SMILES string of the molecule is N#Cc1ccccc1NC(=O)c1cccc(C(=O)Nc2ccc(Cl)cc2)c1. The Morgan fingerprint density at radius 2 is 1.44 bits per heavy atom. The predicted molar refractivity (Wildman–Crippen MR) is 105 cm³/mol. The molecular formula is C21H14ClN3O2. The maximum Gasteiger partial charge on any atom is 0.255 e. The highest BCUT2D eigenvalue weighted by Crippen LogP contribution is 2.17. The minimum atomic E-state index is -0.404. The lowest BCUT2D eigenvalue weighted by molar-refractivity contribution is 0.102. The summed E-state index contributed by atoms with van der Waals surface area (Å²) >= 11 is 5.83. The van der Waals surface area contributed by atoms with Crippen LogP contribution in [0.1, 0.15) is 26.3 Å². The van der Waals surface area contributed by atoms with Crippen LogP contribution in [0.15, 0.2) is 72.8 Å². The van der Waals surface area contributed by atoms with Crippen LogP contribution in [-0.4, -0.2) is 11.8 Å². The summed E-state index contributed by atoms with van der Waals surface area (Å²) < 4.78 is 0. The van der Waals surface area contributed by atoms with E-state index in [-0.39, 0.29) is 5.91 Å². The van der Waals surface area contributed by atoms with Crippen molar-refractivity contribution in [2.75, 3.05) is 10.6 Å². The molecule has 0 aliphatic heterocycles. The van der Waals surface area contributed by atoms with Gasteiger partial charge in [0.15, 0.2) is 0 Å². The van der Waals surface area contributed by atoms with Crippen LogP contribution < -0.4 is 10.6 Å². The van der Waals surface area contributed by atoms with Crippen LogP contribution in [0.5, 0.6) is 0 Å². The zero-order chi connectivity index (χ0) is 19.2. The van der Waals surface area contributed by atoms with E-state index in [4.69, 9.17) is 16.9 Å². The Kier molecular flexibility index (Phi) is 5.50. The van der Waals surface area contributed by atoms with Crippen molar-refractivity contribution in [3.63, 3.8) is 0 Å². The first-order valence-corrected chi connectivity index (χ1v) is 8.42. The average molecular weight is 376 g/mol. The Labute approximate surface area is 161 Å². The van der Waals surface area contributed by atoms with Gasteiger partial charge in [0.2, 0.25) is 0 Å². The number of anilines is 2. The van der Waals surface area contributed by atoms with Gasteiger partial charge < -0.3 is 10.6 Å². The summed E-state index contributed by atoms with van der Waals surface area (Å²) in [4.78, 5) is 24.9. The van der Waals surface area contributed by atoms with Crippen molar-refractivity contribution in [1.82, 2.24) is 0 Å². The van der Waals surface area contributed by atoms with Crippen LogP contribution in [0.2, 0.25) is 5.02 Å². The molecular weight excluding hydrogens is 362 g/mol. The smallest absolute Gasteiger partial charge is 0.255 e. The number of hydrogen-bond donors (Lipinski definition) is 2. The van der Waals surface area contributed by atoms with Crippen LogP contribution in [0.25, 0.3) is 0 Å². The third-order valence-corrected chi connectivity index (χ3v) is 4.04. The lowest BCUT2D eigenvalue weighted by Gasteiger charge is -2.09. The Morgan fingerprint density at radius 1 is 0.815 bits per heavy atom. The van der Waals surface area contributed by atoms with Crippen LogP contribution in [0.3, 0.4) is 0 Å². The lowest BCUT2D eigenvalue weighted by atomic mass is 10.1. The number of nitrogens with zero attached hydrogens (tertiary/aromatic N) is 1. The fraction of sp³-hybridized carbons (Fsp3) is 0. The standard InChI is InChI=1S/C21H14ClN3O2/c22-17-8-10-18(11-9-17)24-20(26)14-5-3-6-15(12-14)21(27)25-19-7-2-1-4-16(19)13-23/h1-12H,(H,24,26)(H,25,27). The van der Waals surface area contributed by atoms with Crippen molar-refractivity contribution in [3.05, 3.63) is 94.5 Å². The molecule has 0 bridgehead atoms. The van der Waals surface area contributed by atoms with Gasteiger partial charge in [-0.2, -0.15) is 5.26 Å². The molecule has 0 spiro atoms. The molecule has 0 radical (unpaired) electrons. The van der Waals surface area contributed by atoms with E-state index in [1.165, 1.54) is 6.07 Å². The maximum atomic E-state index is 12.5. The van der Waals surface area contributed by atoms with E-state index in [0.717, 1.165) is 0 Å². The van der Waals surface area contributed by atoms with E-state index in [1.54, 1.807) is 66.7 Å². The molecule has 132 valence electrons. The number of hydrogen-bond acceptors (Lipinski definition) is 3. The van der Waals surface area contributed by atoms with Gasteiger partial charge in [0.1, 0.15) is 6.07 Å². The molecule has 0 saturated heterocycles. The zero-order valence-electron chi connectivity index (χ0n) is 14.1. The Balaban J connectivity index is 1.76. The highest BCUT2D eigenvalue weighted by Gasteiger charge is 2.12. The van der Waals surface area contributed by atoms with Gasteiger partial charge in [0.05, 0.1) is 11.3 Å². The molecule has 0 heterocycles. The van der Waals surface area contributed by atoms with E-state index in [0.29, 0.717) is 33.1 Å². The third kappa shape index (κ3) is 4.51. The number of amides is 2. The summed E-state index contributed by atoms with van der Waals surface area (Å²) in [7, 11) is 0. The van der Waals surface area contributed by atoms with E-state index < -0.39 is 5.91 Å². The van der Waals surface area contributed by atoms with E-state index in [9.17, 15) is 9.59 Å². The molecule has 2 N–H and O–H groups in total. The van der Waals surface area contributed by atoms with Crippen LogP contribution in [-0.2, 0) is 0 Å². The molecule has 0 saturated carbocycles. The summed E-state index contributed by atoms with van der Waals surface area (Å²) in [5, 5.41) is 15.1. The summed E-state index contributed by atoms with van der Waals surface area (Å²) in [6.45, 7) is 0. The topological polar surface area (TPSA) is 82.0 Å². The highest BCUT2D eigenvalue weighted by molar-refractivity contribution is 6.30. The van der Waals surface area contributed by atoms with Crippen molar-refractivity contribution in [3.8, 4) is 6.07 Å². The Hall–Kier alpha value is -3.62. The summed E-state index contributed by atoms with van der Waals surface area (Å²) in [6, 6.07) is 21.8. The fourth-order valence-electron chi connectivity index (χ4n) is 2.42. The highest BCUT2D eigenvalue weighted by atomic mass is 35.5. The summed E-state index contributed by atoms with van der Waals surface area (Å²) in [5.74, 6) is -0.747. The van der Waals surface area contributed by atoms with Gasteiger partial charge in [-0.15, -0.1) is 0 Å². The monoisotopic (exact) mass is 375 g/mol. The molecule has 6 heteroatoms. The number of benzene rings is 3. The lowest BCUT2D eigenvalue weighted by Crippen LogP contribution is -2.16. The average Bonchev–Trinajstić information content (AvgIpc) is 2.70. The molecule has 0 fully saturated rings. The molecule has 0 aliphatic carbocycles. The van der Waals surface area contributed by atoms with Crippen molar-refractivity contribution < 1.29 is 9.59 Å². The third-order valence-electron chi connectivity index (χ3n) is 3.78. The molecule has 0 aliphatic rings. The Morgan fingerprint density at radius 3 is 2.11 bits per heavy atom. The molecule has 0 atom stereocenters. The molecule has 3 aromatic rings. The quantitative estimate of drug-likeness (QED) is 0.692. The number of para-hydroxylation sites is 1. The van der Waals surface area contributed by atoms with Crippen molar-refractivity contribution >= 4 is 34.8 Å². The predicted octanol–water partition coefficient (Wildman–Crippen LogP) is 4.72. The minimum Gasteiger partial charge on any atom is -0.322 e. The molecule has 2 amide bonds. The van der Waals surface area contributed by atoms with Crippen LogP contribution in [0, 0.1) is 11.3 Å². The van der Waals surface area contributed by atoms with Gasteiger partial charge >= 0.3 is 0 Å².